The highest BCUT2D eigenvalue weighted by molar-refractivity contribution is 9.10. The maximum Gasteiger partial charge on any atom is 0.410 e. The van der Waals surface area contributed by atoms with Gasteiger partial charge in [0, 0.05) is 47.0 Å². The van der Waals surface area contributed by atoms with E-state index in [1.807, 2.05) is 27.7 Å². The monoisotopic (exact) mass is 403 g/mol. The molecule has 1 aromatic rings. The molecular weight excluding hydrogens is 378 g/mol. The molecule has 5 nitrogen and oxygen atoms in total. The van der Waals surface area contributed by atoms with Gasteiger partial charge in [-0.3, -0.25) is 4.90 Å². The highest BCUT2D eigenvalue weighted by atomic mass is 79.9. The van der Waals surface area contributed by atoms with Crippen molar-refractivity contribution in [1.82, 2.24) is 9.80 Å². The second-order valence-corrected chi connectivity index (χ2v) is 8.83. The lowest BCUT2D eigenvalue weighted by Gasteiger charge is -2.40. The van der Waals surface area contributed by atoms with E-state index in [0.717, 1.165) is 17.6 Å². The van der Waals surface area contributed by atoms with E-state index in [0.29, 0.717) is 13.1 Å². The zero-order chi connectivity index (χ0) is 17.2. The summed E-state index contributed by atoms with van der Waals surface area (Å²) in [6.07, 6.45) is -0.228. The highest BCUT2D eigenvalue weighted by Gasteiger charge is 2.31. The van der Waals surface area contributed by atoms with Crippen molar-refractivity contribution in [3.63, 3.8) is 0 Å². The number of carbonyl (C=O) groups excluding carboxylic acids is 1. The molecule has 2 atom stereocenters. The molecule has 1 amide bonds. The molecule has 0 radical (unpaired) electrons. The minimum atomic E-state index is -0.453. The predicted molar refractivity (Wildman–Crippen MR) is 97.8 cm³/mol. The van der Waals surface area contributed by atoms with Crippen molar-refractivity contribution in [3.8, 4) is 0 Å². The van der Waals surface area contributed by atoms with Gasteiger partial charge in [0.15, 0.2) is 0 Å². The van der Waals surface area contributed by atoms with Crippen LogP contribution in [0.1, 0.15) is 38.6 Å². The highest BCUT2D eigenvalue weighted by Crippen LogP contribution is 2.32. The first kappa shape index (κ1) is 18.7. The predicted octanol–water partition coefficient (Wildman–Crippen LogP) is 3.45. The lowest BCUT2D eigenvalue weighted by molar-refractivity contribution is 0.00933. The van der Waals surface area contributed by atoms with Crippen molar-refractivity contribution in [3.05, 3.63) is 20.8 Å². The molecule has 0 aliphatic carbocycles. The molecule has 130 valence electrons. The average molecular weight is 404 g/mol. The van der Waals surface area contributed by atoms with Crippen LogP contribution >= 0.6 is 27.3 Å². The van der Waals surface area contributed by atoms with Crippen LogP contribution in [0, 0.1) is 0 Å². The summed E-state index contributed by atoms with van der Waals surface area (Å²) in [5.41, 5.74) is 5.78. The van der Waals surface area contributed by atoms with E-state index >= 15 is 0 Å². The van der Waals surface area contributed by atoms with E-state index in [1.54, 1.807) is 16.2 Å². The van der Waals surface area contributed by atoms with Gasteiger partial charge in [-0.25, -0.2) is 4.79 Å². The first-order valence-corrected chi connectivity index (χ1v) is 9.56. The van der Waals surface area contributed by atoms with Crippen molar-refractivity contribution in [2.75, 3.05) is 26.2 Å². The fraction of sp³-hybridized carbons (Fsp3) is 0.688. The van der Waals surface area contributed by atoms with Crippen LogP contribution in [0.25, 0.3) is 0 Å². The van der Waals surface area contributed by atoms with E-state index < -0.39 is 5.60 Å². The number of hydrogen-bond acceptors (Lipinski definition) is 5. The molecule has 7 heteroatoms. The van der Waals surface area contributed by atoms with Gasteiger partial charge in [0.1, 0.15) is 5.60 Å². The Bertz CT molecular complexity index is 534. The van der Waals surface area contributed by atoms with Crippen LogP contribution in [0.5, 0.6) is 0 Å². The largest absolute Gasteiger partial charge is 0.444 e. The van der Waals surface area contributed by atoms with Crippen molar-refractivity contribution in [2.45, 2.75) is 45.4 Å². The van der Waals surface area contributed by atoms with Crippen molar-refractivity contribution in [2.24, 2.45) is 5.73 Å². The van der Waals surface area contributed by atoms with Gasteiger partial charge in [0.05, 0.1) is 6.04 Å². The Hall–Kier alpha value is -0.630. The molecule has 1 aliphatic heterocycles. The van der Waals surface area contributed by atoms with E-state index in [9.17, 15) is 4.79 Å². The molecule has 0 saturated carbocycles. The number of carbonyl (C=O) groups is 1. The van der Waals surface area contributed by atoms with Crippen molar-refractivity contribution in [1.29, 1.82) is 0 Å². The van der Waals surface area contributed by atoms with Gasteiger partial charge in [0.25, 0.3) is 0 Å². The average Bonchev–Trinajstić information content (AvgIpc) is 2.83. The Labute approximate surface area is 150 Å². The van der Waals surface area contributed by atoms with Crippen LogP contribution < -0.4 is 5.73 Å². The Morgan fingerprint density at radius 1 is 1.35 bits per heavy atom. The molecule has 1 aliphatic rings. The van der Waals surface area contributed by atoms with Gasteiger partial charge in [-0.15, -0.1) is 11.3 Å². The van der Waals surface area contributed by atoms with E-state index in [4.69, 9.17) is 10.5 Å². The fourth-order valence-corrected chi connectivity index (χ4v) is 4.46. The molecule has 2 heterocycles. The van der Waals surface area contributed by atoms with Gasteiger partial charge in [-0.1, -0.05) is 0 Å². The molecule has 1 saturated heterocycles. The van der Waals surface area contributed by atoms with Crippen LogP contribution in [-0.2, 0) is 4.74 Å². The molecule has 2 rings (SSSR count). The summed E-state index contributed by atoms with van der Waals surface area (Å²) >= 11 is 5.23. The first-order valence-electron chi connectivity index (χ1n) is 7.89. The number of thiophene rings is 1. The normalized spacial score (nSPS) is 19.5. The van der Waals surface area contributed by atoms with Gasteiger partial charge in [0.2, 0.25) is 0 Å². The number of nitrogens with zero attached hydrogens (tertiary/aromatic N) is 2. The molecule has 2 N–H and O–H groups in total. The van der Waals surface area contributed by atoms with Gasteiger partial charge < -0.3 is 15.4 Å². The molecule has 0 aromatic carbocycles. The zero-order valence-corrected chi connectivity index (χ0v) is 16.6. The number of piperazine rings is 1. The maximum absolute atomic E-state index is 12.2. The lowest BCUT2D eigenvalue weighted by Crippen LogP contribution is -2.53. The van der Waals surface area contributed by atoms with Crippen LogP contribution in [-0.4, -0.2) is 53.7 Å². The summed E-state index contributed by atoms with van der Waals surface area (Å²) in [5, 5.41) is 2.08. The van der Waals surface area contributed by atoms with E-state index in [1.165, 1.54) is 4.88 Å². The molecular formula is C16H26BrN3O2S. The Balaban J connectivity index is 1.98. The van der Waals surface area contributed by atoms with Crippen LogP contribution in [0.4, 0.5) is 4.79 Å². The van der Waals surface area contributed by atoms with E-state index in [-0.39, 0.29) is 18.2 Å². The smallest absolute Gasteiger partial charge is 0.410 e. The third-order valence-corrected chi connectivity index (χ3v) is 5.50. The Morgan fingerprint density at radius 2 is 1.96 bits per heavy atom. The Kier molecular flexibility index (Phi) is 6.10. The zero-order valence-electron chi connectivity index (χ0n) is 14.2. The first-order chi connectivity index (χ1) is 10.7. The van der Waals surface area contributed by atoms with Gasteiger partial charge in [-0.2, -0.15) is 0 Å². The van der Waals surface area contributed by atoms with Crippen molar-refractivity contribution < 1.29 is 9.53 Å². The third-order valence-electron chi connectivity index (χ3n) is 3.74. The number of amides is 1. The van der Waals surface area contributed by atoms with Gasteiger partial charge in [-0.05, 0) is 49.7 Å². The number of hydrogen-bond donors (Lipinski definition) is 1. The second-order valence-electron chi connectivity index (χ2n) is 6.97. The number of rotatable bonds is 3. The summed E-state index contributed by atoms with van der Waals surface area (Å²) in [4.78, 5) is 17.6. The molecule has 1 aromatic heterocycles. The van der Waals surface area contributed by atoms with Crippen LogP contribution in [0.15, 0.2) is 15.9 Å². The quantitative estimate of drug-likeness (QED) is 0.839. The summed E-state index contributed by atoms with van der Waals surface area (Å²) in [6, 6.07) is 2.36. The van der Waals surface area contributed by atoms with Crippen molar-refractivity contribution >= 4 is 33.4 Å². The number of halogens is 1. The SMILES string of the molecule is CC(N)C(c1cc(Br)cs1)N1CCN(C(=O)OC(C)(C)C)CC1. The fourth-order valence-electron chi connectivity index (χ4n) is 2.76. The Morgan fingerprint density at radius 3 is 2.39 bits per heavy atom. The minimum absolute atomic E-state index is 0.0358. The summed E-state index contributed by atoms with van der Waals surface area (Å²) in [5.74, 6) is 0. The van der Waals surface area contributed by atoms with E-state index in [2.05, 4.69) is 32.3 Å². The standard InChI is InChI=1S/C16H26BrN3O2S/c1-11(18)14(13-9-12(17)10-23-13)19-5-7-20(8-6-19)15(21)22-16(2,3)4/h9-11,14H,5-8,18H2,1-4H3. The molecule has 23 heavy (non-hydrogen) atoms. The number of nitrogens with two attached hydrogens (primary N) is 1. The third kappa shape index (κ3) is 5.17. The van der Waals surface area contributed by atoms with Gasteiger partial charge >= 0.3 is 6.09 Å². The maximum atomic E-state index is 12.2. The molecule has 0 bridgehead atoms. The molecule has 1 fully saturated rings. The minimum Gasteiger partial charge on any atom is -0.444 e. The molecule has 2 unspecified atom stereocenters. The summed E-state index contributed by atoms with van der Waals surface area (Å²) < 4.78 is 6.54. The number of ether oxygens (including phenoxy) is 1. The van der Waals surface area contributed by atoms with Crippen LogP contribution in [0.2, 0.25) is 0 Å². The summed E-state index contributed by atoms with van der Waals surface area (Å²) in [7, 11) is 0. The molecule has 0 spiro atoms. The lowest BCUT2D eigenvalue weighted by atomic mass is 10.1. The second kappa shape index (κ2) is 7.51. The van der Waals surface area contributed by atoms with Crippen LogP contribution in [0.3, 0.4) is 0 Å². The summed E-state index contributed by atoms with van der Waals surface area (Å²) in [6.45, 7) is 10.7. The topological polar surface area (TPSA) is 58.8 Å².